The van der Waals surface area contributed by atoms with Gasteiger partial charge in [-0.25, -0.2) is 4.68 Å². The molecule has 0 amide bonds. The van der Waals surface area contributed by atoms with Crippen LogP contribution in [0.4, 0.5) is 0 Å². The van der Waals surface area contributed by atoms with E-state index < -0.39 is 0 Å². The Balaban J connectivity index is 2.90. The van der Waals surface area contributed by atoms with Crippen LogP contribution in [-0.4, -0.2) is 28.1 Å². The summed E-state index contributed by atoms with van der Waals surface area (Å²) < 4.78 is 6.52. The number of esters is 1. The summed E-state index contributed by atoms with van der Waals surface area (Å²) in [4.78, 5) is 11.5. The van der Waals surface area contributed by atoms with Crippen molar-refractivity contribution in [3.63, 3.8) is 0 Å². The highest BCUT2D eigenvalue weighted by Crippen LogP contribution is 2.19. The molecule has 1 atom stereocenters. The fourth-order valence-corrected chi connectivity index (χ4v) is 1.56. The second-order valence-corrected chi connectivity index (χ2v) is 3.37. The van der Waals surface area contributed by atoms with Gasteiger partial charge in [-0.05, 0) is 12.8 Å². The molecule has 0 saturated carbocycles. The molecule has 1 rings (SSSR count). The summed E-state index contributed by atoms with van der Waals surface area (Å²) in [5.41, 5.74) is 0.839. The minimum absolute atomic E-state index is 0.225. The summed E-state index contributed by atoms with van der Waals surface area (Å²) in [6.07, 6.45) is 3.30. The van der Waals surface area contributed by atoms with Crippen LogP contribution in [0.2, 0.25) is 0 Å². The molecule has 0 bridgehead atoms. The van der Waals surface area contributed by atoms with Crippen LogP contribution in [0.5, 0.6) is 0 Å². The first kappa shape index (κ1) is 11.7. The van der Waals surface area contributed by atoms with Crippen molar-refractivity contribution in [2.24, 2.45) is 0 Å². The molecule has 15 heavy (non-hydrogen) atoms. The Morgan fingerprint density at radius 3 is 2.87 bits per heavy atom. The maximum atomic E-state index is 11.5. The van der Waals surface area contributed by atoms with Crippen molar-refractivity contribution in [2.45, 2.75) is 39.2 Å². The summed E-state index contributed by atoms with van der Waals surface area (Å²) in [6, 6.07) is 0. The summed E-state index contributed by atoms with van der Waals surface area (Å²) in [7, 11) is 1.40. The van der Waals surface area contributed by atoms with Gasteiger partial charge in [0.25, 0.3) is 0 Å². The molecule has 1 aromatic heterocycles. The quantitative estimate of drug-likeness (QED) is 0.690. The predicted octanol–water partition coefficient (Wildman–Crippen LogP) is 1.35. The summed E-state index contributed by atoms with van der Waals surface area (Å²) in [6.45, 7) is 4.79. The van der Waals surface area contributed by atoms with Crippen molar-refractivity contribution < 1.29 is 9.53 Å². The molecule has 0 aliphatic heterocycles. The summed E-state index contributed by atoms with van der Waals surface area (Å²) >= 11 is 0. The molecule has 0 aliphatic rings. The number of ether oxygens (including phenoxy) is 1. The molecule has 0 N–H and O–H groups in total. The van der Waals surface area contributed by atoms with Gasteiger partial charge in [-0.15, -0.1) is 5.10 Å². The van der Waals surface area contributed by atoms with Crippen molar-refractivity contribution in [1.29, 1.82) is 0 Å². The van der Waals surface area contributed by atoms with Gasteiger partial charge in [-0.1, -0.05) is 19.1 Å². The number of hydrogen-bond donors (Lipinski definition) is 0. The smallest absolute Gasteiger partial charge is 0.314 e. The number of nitrogens with zero attached hydrogens (tertiary/aromatic N) is 3. The van der Waals surface area contributed by atoms with E-state index in [1.807, 2.05) is 6.92 Å². The van der Waals surface area contributed by atoms with Gasteiger partial charge in [0, 0.05) is 6.54 Å². The second kappa shape index (κ2) is 5.48. The normalized spacial score (nSPS) is 12.5. The molecular formula is C10H17N3O2. The largest absolute Gasteiger partial charge is 0.469 e. The highest BCUT2D eigenvalue weighted by atomic mass is 16.5. The van der Waals surface area contributed by atoms with E-state index in [2.05, 4.69) is 17.2 Å². The van der Waals surface area contributed by atoms with Gasteiger partial charge in [-0.3, -0.25) is 4.79 Å². The third-order valence-corrected chi connectivity index (χ3v) is 2.33. The molecule has 0 spiro atoms. The first-order chi connectivity index (χ1) is 7.24. The van der Waals surface area contributed by atoms with Crippen LogP contribution in [0.25, 0.3) is 0 Å². The third kappa shape index (κ3) is 2.55. The van der Waals surface area contributed by atoms with E-state index >= 15 is 0 Å². The van der Waals surface area contributed by atoms with Crippen LogP contribution in [-0.2, 0) is 16.1 Å². The van der Waals surface area contributed by atoms with Gasteiger partial charge >= 0.3 is 5.97 Å². The lowest BCUT2D eigenvalue weighted by Gasteiger charge is -2.13. The molecule has 1 heterocycles. The Labute approximate surface area is 89.4 Å². The Hall–Kier alpha value is -1.39. The standard InChI is InChI=1S/C10H17N3O2/c1-4-6-13-9(7-11-12-13)8(5-2)10(14)15-3/h7-8H,4-6H2,1-3H3. The summed E-state index contributed by atoms with van der Waals surface area (Å²) in [5, 5.41) is 7.78. The van der Waals surface area contributed by atoms with Gasteiger partial charge in [0.15, 0.2) is 0 Å². The zero-order valence-electron chi connectivity index (χ0n) is 9.43. The molecule has 1 aromatic rings. The highest BCUT2D eigenvalue weighted by molar-refractivity contribution is 5.77. The van der Waals surface area contributed by atoms with Crippen molar-refractivity contribution >= 4 is 5.97 Å². The van der Waals surface area contributed by atoms with Crippen LogP contribution in [0.15, 0.2) is 6.20 Å². The maximum Gasteiger partial charge on any atom is 0.314 e. The molecule has 1 unspecified atom stereocenters. The van der Waals surface area contributed by atoms with Gasteiger partial charge < -0.3 is 4.74 Å². The van der Waals surface area contributed by atoms with E-state index in [1.54, 1.807) is 10.9 Å². The molecule has 0 saturated heterocycles. The third-order valence-electron chi connectivity index (χ3n) is 2.33. The Morgan fingerprint density at radius 2 is 2.33 bits per heavy atom. The predicted molar refractivity (Wildman–Crippen MR) is 55.4 cm³/mol. The number of rotatable bonds is 5. The average Bonchev–Trinajstić information content (AvgIpc) is 2.68. The first-order valence-electron chi connectivity index (χ1n) is 5.20. The monoisotopic (exact) mass is 211 g/mol. The van der Waals surface area contributed by atoms with Crippen molar-refractivity contribution in [3.05, 3.63) is 11.9 Å². The molecule has 0 aromatic carbocycles. The van der Waals surface area contributed by atoms with Crippen molar-refractivity contribution in [1.82, 2.24) is 15.0 Å². The number of carbonyl (C=O) groups is 1. The zero-order valence-corrected chi connectivity index (χ0v) is 9.43. The van der Waals surface area contributed by atoms with Gasteiger partial charge in [0.05, 0.1) is 19.0 Å². The average molecular weight is 211 g/mol. The topological polar surface area (TPSA) is 57.0 Å². The van der Waals surface area contributed by atoms with Crippen LogP contribution in [0, 0.1) is 0 Å². The minimum atomic E-state index is -0.253. The number of aromatic nitrogens is 3. The van der Waals surface area contributed by atoms with Gasteiger partial charge in [0.1, 0.15) is 5.92 Å². The maximum absolute atomic E-state index is 11.5. The van der Waals surface area contributed by atoms with Gasteiger partial charge in [0.2, 0.25) is 0 Å². The van der Waals surface area contributed by atoms with E-state index in [-0.39, 0.29) is 11.9 Å². The number of carbonyl (C=O) groups excluding carboxylic acids is 1. The highest BCUT2D eigenvalue weighted by Gasteiger charge is 2.23. The molecule has 0 fully saturated rings. The number of aryl methyl sites for hydroxylation is 1. The van der Waals surface area contributed by atoms with Crippen LogP contribution < -0.4 is 0 Å². The SMILES string of the molecule is CCCn1nncc1C(CC)C(=O)OC. The van der Waals surface area contributed by atoms with Crippen LogP contribution in [0.1, 0.15) is 38.3 Å². The number of hydrogen-bond acceptors (Lipinski definition) is 4. The van der Waals surface area contributed by atoms with Crippen LogP contribution in [0.3, 0.4) is 0 Å². The lowest BCUT2D eigenvalue weighted by Crippen LogP contribution is -2.18. The fraction of sp³-hybridized carbons (Fsp3) is 0.700. The zero-order chi connectivity index (χ0) is 11.3. The Morgan fingerprint density at radius 1 is 1.60 bits per heavy atom. The molecule has 0 aliphatic carbocycles. The van der Waals surface area contributed by atoms with Crippen LogP contribution >= 0.6 is 0 Å². The van der Waals surface area contributed by atoms with E-state index in [0.717, 1.165) is 18.7 Å². The second-order valence-electron chi connectivity index (χ2n) is 3.37. The van der Waals surface area contributed by atoms with Crippen molar-refractivity contribution in [3.8, 4) is 0 Å². The molecule has 5 nitrogen and oxygen atoms in total. The van der Waals surface area contributed by atoms with E-state index in [1.165, 1.54) is 7.11 Å². The number of methoxy groups -OCH3 is 1. The Kier molecular flexibility index (Phi) is 4.27. The fourth-order valence-electron chi connectivity index (χ4n) is 1.56. The molecule has 0 radical (unpaired) electrons. The molecule has 5 heteroatoms. The lowest BCUT2D eigenvalue weighted by molar-refractivity contribution is -0.142. The van der Waals surface area contributed by atoms with E-state index in [9.17, 15) is 4.79 Å². The van der Waals surface area contributed by atoms with E-state index in [0.29, 0.717) is 6.42 Å². The molecule has 84 valence electrons. The van der Waals surface area contributed by atoms with E-state index in [4.69, 9.17) is 4.74 Å². The summed E-state index contributed by atoms with van der Waals surface area (Å²) in [5.74, 6) is -0.478. The van der Waals surface area contributed by atoms with Gasteiger partial charge in [-0.2, -0.15) is 0 Å². The first-order valence-corrected chi connectivity index (χ1v) is 5.20. The molecular weight excluding hydrogens is 194 g/mol. The lowest BCUT2D eigenvalue weighted by atomic mass is 10.0. The Bertz CT molecular complexity index is 322. The van der Waals surface area contributed by atoms with Crippen molar-refractivity contribution in [2.75, 3.05) is 7.11 Å². The minimum Gasteiger partial charge on any atom is -0.469 e.